The van der Waals surface area contributed by atoms with Gasteiger partial charge in [0.25, 0.3) is 15.9 Å². The molecule has 184 valence electrons. The second kappa shape index (κ2) is 10.4. The van der Waals surface area contributed by atoms with E-state index in [1.54, 1.807) is 43.3 Å². The molecular formula is C28H33N3O3S. The Morgan fingerprint density at radius 1 is 0.914 bits per heavy atom. The van der Waals surface area contributed by atoms with Gasteiger partial charge in [-0.05, 0) is 61.1 Å². The maximum atomic E-state index is 13.5. The monoisotopic (exact) mass is 491 g/mol. The third-order valence-corrected chi connectivity index (χ3v) is 7.57. The van der Waals surface area contributed by atoms with Crippen molar-refractivity contribution in [2.24, 2.45) is 5.10 Å². The van der Waals surface area contributed by atoms with E-state index in [2.05, 4.69) is 31.3 Å². The van der Waals surface area contributed by atoms with E-state index >= 15 is 0 Å². The average Bonchev–Trinajstić information content (AvgIpc) is 2.81. The van der Waals surface area contributed by atoms with E-state index in [4.69, 9.17) is 0 Å². The minimum absolute atomic E-state index is 0.0414. The molecule has 3 rings (SSSR count). The van der Waals surface area contributed by atoms with Crippen LogP contribution in [0, 0.1) is 13.8 Å². The summed E-state index contributed by atoms with van der Waals surface area (Å²) in [5, 5.41) is 4.22. The molecule has 0 saturated carbocycles. The lowest BCUT2D eigenvalue weighted by molar-refractivity contribution is -0.119. The van der Waals surface area contributed by atoms with Crippen molar-refractivity contribution < 1.29 is 13.2 Å². The van der Waals surface area contributed by atoms with Gasteiger partial charge in [-0.15, -0.1) is 0 Å². The van der Waals surface area contributed by atoms with Crippen molar-refractivity contribution in [3.8, 4) is 0 Å². The standard InChI is InChI=1S/C28H33N3O3S/c1-20-11-17-25(18-12-20)35(33,34)31(26-10-8-7-9-21(26)2)19-27(32)30-29-22(3)23-13-15-24(16-14-23)28(4,5)6/h7-18H,19H2,1-6H3,(H,30,32)/b29-22+. The largest absolute Gasteiger partial charge is 0.271 e. The van der Waals surface area contributed by atoms with Crippen LogP contribution in [-0.2, 0) is 20.2 Å². The molecule has 0 aromatic heterocycles. The predicted octanol–water partition coefficient (Wildman–Crippen LogP) is 5.34. The molecule has 0 aliphatic heterocycles. The van der Waals surface area contributed by atoms with Crippen molar-refractivity contribution in [1.82, 2.24) is 5.43 Å². The number of benzene rings is 3. The maximum Gasteiger partial charge on any atom is 0.264 e. The number of hydrogen-bond acceptors (Lipinski definition) is 4. The quantitative estimate of drug-likeness (QED) is 0.358. The summed E-state index contributed by atoms with van der Waals surface area (Å²) in [4.78, 5) is 13.0. The number of nitrogens with zero attached hydrogens (tertiary/aromatic N) is 2. The van der Waals surface area contributed by atoms with Crippen molar-refractivity contribution in [2.45, 2.75) is 51.9 Å². The van der Waals surface area contributed by atoms with Gasteiger partial charge < -0.3 is 0 Å². The zero-order valence-electron chi connectivity index (χ0n) is 21.2. The smallest absolute Gasteiger partial charge is 0.264 e. The molecule has 0 unspecified atom stereocenters. The highest BCUT2D eigenvalue weighted by Crippen LogP contribution is 2.27. The van der Waals surface area contributed by atoms with E-state index < -0.39 is 22.5 Å². The summed E-state index contributed by atoms with van der Waals surface area (Å²) in [7, 11) is -3.97. The molecule has 0 aliphatic carbocycles. The molecule has 0 fully saturated rings. The van der Waals surface area contributed by atoms with Crippen LogP contribution in [0.3, 0.4) is 0 Å². The molecular weight excluding hydrogens is 458 g/mol. The Bertz CT molecular complexity index is 1320. The van der Waals surface area contributed by atoms with Gasteiger partial charge in [0.05, 0.1) is 16.3 Å². The normalized spacial score (nSPS) is 12.3. The number of hydrogen-bond donors (Lipinski definition) is 1. The number of para-hydroxylation sites is 1. The molecule has 35 heavy (non-hydrogen) atoms. The van der Waals surface area contributed by atoms with Crippen molar-refractivity contribution in [1.29, 1.82) is 0 Å². The molecule has 0 spiro atoms. The van der Waals surface area contributed by atoms with Crippen molar-refractivity contribution in [3.05, 3.63) is 95.1 Å². The van der Waals surface area contributed by atoms with Gasteiger partial charge in [0.1, 0.15) is 6.54 Å². The summed E-state index contributed by atoms with van der Waals surface area (Å²) < 4.78 is 28.2. The Morgan fingerprint density at radius 3 is 2.09 bits per heavy atom. The predicted molar refractivity (Wildman–Crippen MR) is 142 cm³/mol. The van der Waals surface area contributed by atoms with Gasteiger partial charge in [-0.3, -0.25) is 9.10 Å². The van der Waals surface area contributed by atoms with Crippen LogP contribution < -0.4 is 9.73 Å². The average molecular weight is 492 g/mol. The number of carbonyl (C=O) groups excluding carboxylic acids is 1. The fourth-order valence-electron chi connectivity index (χ4n) is 3.57. The second-order valence-corrected chi connectivity index (χ2v) is 11.5. The first-order valence-corrected chi connectivity index (χ1v) is 12.9. The molecule has 0 atom stereocenters. The van der Waals surface area contributed by atoms with E-state index in [1.165, 1.54) is 5.56 Å². The highest BCUT2D eigenvalue weighted by atomic mass is 32.2. The number of amides is 1. The van der Waals surface area contributed by atoms with Crippen LogP contribution >= 0.6 is 0 Å². The highest BCUT2D eigenvalue weighted by molar-refractivity contribution is 7.92. The van der Waals surface area contributed by atoms with Gasteiger partial charge in [0, 0.05) is 0 Å². The summed E-state index contributed by atoms with van der Waals surface area (Å²) in [6.45, 7) is 11.5. The first kappa shape index (κ1) is 26.2. The van der Waals surface area contributed by atoms with Crippen LogP contribution in [0.2, 0.25) is 0 Å². The zero-order valence-corrected chi connectivity index (χ0v) is 22.0. The van der Waals surface area contributed by atoms with E-state index in [1.807, 2.05) is 50.2 Å². The minimum Gasteiger partial charge on any atom is -0.271 e. The summed E-state index contributed by atoms with van der Waals surface area (Å²) in [6.07, 6.45) is 0. The number of rotatable bonds is 7. The number of aryl methyl sites for hydroxylation is 2. The van der Waals surface area contributed by atoms with E-state index in [-0.39, 0.29) is 10.3 Å². The Morgan fingerprint density at radius 2 is 1.51 bits per heavy atom. The van der Waals surface area contributed by atoms with Crippen LogP contribution in [0.25, 0.3) is 0 Å². The molecule has 0 saturated heterocycles. The third-order valence-electron chi connectivity index (χ3n) is 5.80. The van der Waals surface area contributed by atoms with Gasteiger partial charge in [-0.1, -0.05) is 80.9 Å². The molecule has 0 heterocycles. The second-order valence-electron chi connectivity index (χ2n) is 9.67. The topological polar surface area (TPSA) is 78.8 Å². The zero-order chi connectivity index (χ0) is 25.8. The van der Waals surface area contributed by atoms with Gasteiger partial charge in [-0.25, -0.2) is 13.8 Å². The van der Waals surface area contributed by atoms with Crippen molar-refractivity contribution in [3.63, 3.8) is 0 Å². The van der Waals surface area contributed by atoms with Gasteiger partial charge in [0.2, 0.25) is 0 Å². The fraction of sp³-hybridized carbons (Fsp3) is 0.286. The number of anilines is 1. The number of carbonyl (C=O) groups is 1. The van der Waals surface area contributed by atoms with Crippen molar-refractivity contribution >= 4 is 27.3 Å². The lowest BCUT2D eigenvalue weighted by atomic mass is 9.86. The van der Waals surface area contributed by atoms with E-state index in [0.717, 1.165) is 21.0 Å². The number of nitrogens with one attached hydrogen (secondary N) is 1. The summed E-state index contributed by atoms with van der Waals surface area (Å²) >= 11 is 0. The van der Waals surface area contributed by atoms with E-state index in [9.17, 15) is 13.2 Å². The highest BCUT2D eigenvalue weighted by Gasteiger charge is 2.28. The van der Waals surface area contributed by atoms with Crippen LogP contribution in [0.1, 0.15) is 49.9 Å². The molecule has 0 radical (unpaired) electrons. The molecule has 0 bridgehead atoms. The van der Waals surface area contributed by atoms with Crippen molar-refractivity contribution in [2.75, 3.05) is 10.8 Å². The maximum absolute atomic E-state index is 13.5. The van der Waals surface area contributed by atoms with Crippen LogP contribution in [0.5, 0.6) is 0 Å². The van der Waals surface area contributed by atoms with Crippen LogP contribution in [-0.4, -0.2) is 26.6 Å². The summed E-state index contributed by atoms with van der Waals surface area (Å²) in [5.74, 6) is -0.533. The molecule has 6 nitrogen and oxygen atoms in total. The molecule has 1 amide bonds. The molecule has 3 aromatic rings. The van der Waals surface area contributed by atoms with Gasteiger partial charge in [0.15, 0.2) is 0 Å². The third kappa shape index (κ3) is 6.36. The number of hydrazone groups is 1. The van der Waals surface area contributed by atoms with Crippen LogP contribution in [0.15, 0.2) is 82.8 Å². The SMILES string of the molecule is C/C(=N\NC(=O)CN(c1ccccc1C)S(=O)(=O)c1ccc(C)cc1)c1ccc(C(C)(C)C)cc1. The Kier molecular flexibility index (Phi) is 7.80. The number of sulfonamides is 1. The summed E-state index contributed by atoms with van der Waals surface area (Å²) in [6, 6.07) is 21.7. The van der Waals surface area contributed by atoms with Gasteiger partial charge >= 0.3 is 0 Å². The molecule has 3 aromatic carbocycles. The minimum atomic E-state index is -3.97. The van der Waals surface area contributed by atoms with Gasteiger partial charge in [-0.2, -0.15) is 5.10 Å². The first-order valence-electron chi connectivity index (χ1n) is 11.5. The Balaban J connectivity index is 1.84. The van der Waals surface area contributed by atoms with E-state index in [0.29, 0.717) is 11.4 Å². The first-order chi connectivity index (χ1) is 16.4. The molecule has 1 N–H and O–H groups in total. The lowest BCUT2D eigenvalue weighted by Crippen LogP contribution is -2.40. The Hall–Kier alpha value is -3.45. The fourth-order valence-corrected chi connectivity index (χ4v) is 5.05. The lowest BCUT2D eigenvalue weighted by Gasteiger charge is -2.25. The van der Waals surface area contributed by atoms with Crippen LogP contribution in [0.4, 0.5) is 5.69 Å². The molecule has 7 heteroatoms. The Labute approximate surface area is 208 Å². The summed E-state index contributed by atoms with van der Waals surface area (Å²) in [5.41, 5.74) is 7.41. The molecule has 0 aliphatic rings.